The van der Waals surface area contributed by atoms with E-state index in [1.54, 1.807) is 4.72 Å². The Morgan fingerprint density at radius 3 is 2.00 bits per heavy atom. The molecule has 1 saturated heterocycles. The van der Waals surface area contributed by atoms with E-state index in [4.69, 9.17) is 14.6 Å². The van der Waals surface area contributed by atoms with Crippen LogP contribution in [0.2, 0.25) is 0 Å². The van der Waals surface area contributed by atoms with Gasteiger partial charge in [0.15, 0.2) is 6.61 Å². The van der Waals surface area contributed by atoms with Crippen LogP contribution in [-0.2, 0) is 55.0 Å². The molecule has 0 spiro atoms. The molecule has 0 saturated carbocycles. The normalized spacial score (nSPS) is 15.3. The van der Waals surface area contributed by atoms with Crippen molar-refractivity contribution in [1.29, 1.82) is 0 Å². The van der Waals surface area contributed by atoms with E-state index >= 15 is 0 Å². The molecule has 1 aliphatic rings. The summed E-state index contributed by atoms with van der Waals surface area (Å²) in [7, 11) is -4.34. The molecule has 50 heavy (non-hydrogen) atoms. The van der Waals surface area contributed by atoms with Crippen LogP contribution in [0.5, 0.6) is 0 Å². The van der Waals surface area contributed by atoms with E-state index in [2.05, 4.69) is 31.3 Å². The number of rotatable bonds is 18. The van der Waals surface area contributed by atoms with Gasteiger partial charge < -0.3 is 45.9 Å². The smallest absolute Gasteiger partial charge is 0.422 e. The van der Waals surface area contributed by atoms with Crippen LogP contribution in [0, 0.1) is 5.92 Å². The van der Waals surface area contributed by atoms with Gasteiger partial charge in [-0.1, -0.05) is 30.3 Å². The molecule has 3 atom stereocenters. The molecule has 20 nitrogen and oxygen atoms in total. The summed E-state index contributed by atoms with van der Waals surface area (Å²) < 4.78 is 42.1. The number of ether oxygens (including phenoxy) is 3. The molecule has 0 aliphatic carbocycles. The van der Waals surface area contributed by atoms with E-state index in [1.165, 1.54) is 20.8 Å². The zero-order valence-corrected chi connectivity index (χ0v) is 28.6. The maximum atomic E-state index is 12.5. The van der Waals surface area contributed by atoms with Crippen molar-refractivity contribution in [3.63, 3.8) is 0 Å². The third kappa shape index (κ3) is 15.0. The number of alkyl carbamates (subject to hydrolysis) is 1. The summed E-state index contributed by atoms with van der Waals surface area (Å²) in [5.41, 5.74) is 0.832. The number of nitrogens with zero attached hydrogens (tertiary/aromatic N) is 1. The van der Waals surface area contributed by atoms with Crippen molar-refractivity contribution in [2.45, 2.75) is 58.3 Å². The van der Waals surface area contributed by atoms with Crippen molar-refractivity contribution in [3.05, 3.63) is 35.9 Å². The van der Waals surface area contributed by atoms with Crippen LogP contribution < -0.4 is 31.3 Å². The van der Waals surface area contributed by atoms with Gasteiger partial charge in [-0.05, 0) is 39.2 Å². The molecule has 1 aromatic carbocycles. The van der Waals surface area contributed by atoms with Crippen molar-refractivity contribution < 1.29 is 61.3 Å². The van der Waals surface area contributed by atoms with Crippen LogP contribution in [0.4, 0.5) is 9.59 Å². The molecule has 0 aromatic heterocycles. The monoisotopic (exact) mass is 729 g/mol. The van der Waals surface area contributed by atoms with Gasteiger partial charge >= 0.3 is 28.4 Å². The number of piperidine rings is 1. The number of carbonyl (C=O) groups excluding carboxylic acids is 6. The van der Waals surface area contributed by atoms with Crippen LogP contribution in [-0.4, -0.2) is 117 Å². The van der Waals surface area contributed by atoms with E-state index in [1.807, 2.05) is 30.3 Å². The molecule has 1 aliphatic heterocycles. The summed E-state index contributed by atoms with van der Waals surface area (Å²) in [4.78, 5) is 84.1. The van der Waals surface area contributed by atoms with Gasteiger partial charge in [0.05, 0.1) is 12.5 Å². The Labute approximate surface area is 288 Å². The summed E-state index contributed by atoms with van der Waals surface area (Å²) in [6, 6.07) is 5.76. The summed E-state index contributed by atoms with van der Waals surface area (Å²) in [5, 5.41) is 21.0. The largest absolute Gasteiger partial charge is 0.481 e. The van der Waals surface area contributed by atoms with E-state index in [9.17, 15) is 42.0 Å². The Balaban J connectivity index is 1.60. The number of benzene rings is 1. The zero-order chi connectivity index (χ0) is 37.3. The highest BCUT2D eigenvalue weighted by Crippen LogP contribution is 2.19. The molecular weight excluding hydrogens is 686 g/mol. The van der Waals surface area contributed by atoms with E-state index in [0.717, 1.165) is 9.87 Å². The van der Waals surface area contributed by atoms with Crippen LogP contribution in [0.25, 0.3) is 0 Å². The number of amides is 6. The first-order valence-electron chi connectivity index (χ1n) is 15.5. The average molecular weight is 730 g/mol. The fraction of sp³-hybridized carbons (Fsp3) is 0.552. The average Bonchev–Trinajstić information content (AvgIpc) is 3.07. The van der Waals surface area contributed by atoms with Crippen LogP contribution in [0.15, 0.2) is 30.3 Å². The second-order valence-electron chi connectivity index (χ2n) is 11.0. The minimum Gasteiger partial charge on any atom is -0.481 e. The molecule has 1 heterocycles. The maximum absolute atomic E-state index is 12.5. The lowest BCUT2D eigenvalue weighted by molar-refractivity contribution is -0.143. The number of carbonyl (C=O) groups is 7. The lowest BCUT2D eigenvalue weighted by atomic mass is 9.99. The Morgan fingerprint density at radius 1 is 0.820 bits per heavy atom. The Hall–Kier alpha value is -5.02. The predicted molar refractivity (Wildman–Crippen MR) is 172 cm³/mol. The second-order valence-corrected chi connectivity index (χ2v) is 12.7. The summed E-state index contributed by atoms with van der Waals surface area (Å²) in [6.07, 6.45) is -1.96. The first kappa shape index (κ1) is 41.2. The summed E-state index contributed by atoms with van der Waals surface area (Å²) >= 11 is 0. The Bertz CT molecular complexity index is 1450. The van der Waals surface area contributed by atoms with Crippen molar-refractivity contribution in [2.75, 3.05) is 39.6 Å². The SMILES string of the molecule is C[C@H](NC(=O)COC(=O)NS(=O)(=O)N1CCC(C(=O)O)CC1)C(=O)N[C@@H](C)C(=O)N[C@@H](C)C(=O)NCOCCNC(=O)OCc1ccccc1. The molecular formula is C29H43N7O13S. The quantitative estimate of drug-likeness (QED) is 0.0656. The number of aliphatic carboxylic acids is 1. The second kappa shape index (κ2) is 20.5. The fourth-order valence-electron chi connectivity index (χ4n) is 4.18. The van der Waals surface area contributed by atoms with Gasteiger partial charge in [-0.15, -0.1) is 0 Å². The van der Waals surface area contributed by atoms with Crippen molar-refractivity contribution >= 4 is 52.0 Å². The molecule has 2 rings (SSSR count). The highest BCUT2D eigenvalue weighted by molar-refractivity contribution is 7.87. The van der Waals surface area contributed by atoms with Gasteiger partial charge in [-0.3, -0.25) is 24.0 Å². The minimum atomic E-state index is -4.34. The lowest BCUT2D eigenvalue weighted by Gasteiger charge is -2.28. The summed E-state index contributed by atoms with van der Waals surface area (Å²) in [5.74, 6) is -4.78. The van der Waals surface area contributed by atoms with E-state index in [0.29, 0.717) is 0 Å². The third-order valence-corrected chi connectivity index (χ3v) is 8.51. The van der Waals surface area contributed by atoms with Crippen LogP contribution in [0.1, 0.15) is 39.2 Å². The van der Waals surface area contributed by atoms with Gasteiger partial charge in [0.1, 0.15) is 31.5 Å². The predicted octanol–water partition coefficient (Wildman–Crippen LogP) is -1.72. The minimum absolute atomic E-state index is 0.0649. The Morgan fingerprint density at radius 2 is 1.40 bits per heavy atom. The zero-order valence-electron chi connectivity index (χ0n) is 27.8. The maximum Gasteiger partial charge on any atom is 0.422 e. The van der Waals surface area contributed by atoms with Gasteiger partial charge in [-0.2, -0.15) is 12.7 Å². The number of carboxylic acid groups (broad SMARTS) is 1. The number of nitrogens with one attached hydrogen (secondary N) is 6. The standard InChI is InChI=1S/C29H43N7O13S/c1-18(24(38)31-17-47-14-11-30-28(43)48-15-21-7-5-4-6-8-21)33-26(40)20(3)34-25(39)19(2)32-23(37)16-49-29(44)35-50(45,46)36-12-9-22(10-13-36)27(41)42/h4-8,18-20,22H,9-17H2,1-3H3,(H,30,43)(H,31,38)(H,32,37)(H,33,40)(H,34,39)(H,35,44)(H,41,42)/t18-,19-,20-/m0/s1. The molecule has 1 fully saturated rings. The fourth-order valence-corrected chi connectivity index (χ4v) is 5.27. The van der Waals surface area contributed by atoms with Gasteiger partial charge in [0.2, 0.25) is 17.7 Å². The highest BCUT2D eigenvalue weighted by Gasteiger charge is 2.32. The van der Waals surface area contributed by atoms with Crippen LogP contribution >= 0.6 is 0 Å². The number of carboxylic acids is 1. The van der Waals surface area contributed by atoms with Crippen molar-refractivity contribution in [2.24, 2.45) is 5.92 Å². The number of hydrogen-bond acceptors (Lipinski definition) is 12. The molecule has 1 aromatic rings. The molecule has 21 heteroatoms. The van der Waals surface area contributed by atoms with Gasteiger partial charge in [-0.25, -0.2) is 14.3 Å². The van der Waals surface area contributed by atoms with E-state index < -0.39 is 82.6 Å². The number of hydrogen-bond donors (Lipinski definition) is 7. The van der Waals surface area contributed by atoms with Gasteiger partial charge in [0, 0.05) is 19.6 Å². The first-order valence-corrected chi connectivity index (χ1v) is 16.9. The van der Waals surface area contributed by atoms with Crippen molar-refractivity contribution in [1.82, 2.24) is 35.6 Å². The van der Waals surface area contributed by atoms with Gasteiger partial charge in [0.25, 0.3) is 5.91 Å². The van der Waals surface area contributed by atoms with Crippen LogP contribution in [0.3, 0.4) is 0 Å². The Kier molecular flexibility index (Phi) is 16.9. The highest BCUT2D eigenvalue weighted by atomic mass is 32.2. The molecule has 0 bridgehead atoms. The van der Waals surface area contributed by atoms with Crippen molar-refractivity contribution in [3.8, 4) is 0 Å². The molecule has 6 amide bonds. The molecule has 7 N–H and O–H groups in total. The summed E-state index contributed by atoms with van der Waals surface area (Å²) in [6.45, 7) is 2.92. The third-order valence-electron chi connectivity index (χ3n) is 7.04. The first-order chi connectivity index (χ1) is 23.6. The molecule has 0 radical (unpaired) electrons. The lowest BCUT2D eigenvalue weighted by Crippen LogP contribution is -2.55. The molecule has 278 valence electrons. The molecule has 0 unspecified atom stereocenters. The van der Waals surface area contributed by atoms with E-state index in [-0.39, 0.29) is 52.4 Å². The topological polar surface area (TPSA) is 277 Å².